The number of benzene rings is 1. The molecule has 0 saturated heterocycles. The lowest BCUT2D eigenvalue weighted by Gasteiger charge is -2.20. The fraction of sp³-hybridized carbons (Fsp3) is 0.364. The molecule has 0 saturated carbocycles. The highest BCUT2D eigenvalue weighted by molar-refractivity contribution is 5.96. The van der Waals surface area contributed by atoms with Crippen molar-refractivity contribution in [2.45, 2.75) is 19.4 Å². The van der Waals surface area contributed by atoms with Crippen molar-refractivity contribution in [3.63, 3.8) is 0 Å². The van der Waals surface area contributed by atoms with E-state index in [4.69, 9.17) is 5.73 Å². The summed E-state index contributed by atoms with van der Waals surface area (Å²) in [6, 6.07) is 5.55. The molecule has 1 aromatic rings. The molecule has 1 atom stereocenters. The van der Waals surface area contributed by atoms with Crippen molar-refractivity contribution in [3.05, 3.63) is 30.1 Å². The fourth-order valence-corrected chi connectivity index (χ4v) is 1.27. The largest absolute Gasteiger partial charge is 0.320 e. The van der Waals surface area contributed by atoms with Gasteiger partial charge in [0.2, 0.25) is 5.91 Å². The molecule has 82 valence electrons. The van der Waals surface area contributed by atoms with Crippen LogP contribution >= 0.6 is 0 Å². The summed E-state index contributed by atoms with van der Waals surface area (Å²) in [4.78, 5) is 12.9. The van der Waals surface area contributed by atoms with Gasteiger partial charge in [-0.25, -0.2) is 4.39 Å². The summed E-state index contributed by atoms with van der Waals surface area (Å²) in [6.07, 6.45) is 0.539. The molecule has 4 heteroatoms. The Bertz CT molecular complexity index is 354. The number of carbonyl (C=O) groups is 1. The molecule has 0 aromatic heterocycles. The molecule has 1 aromatic carbocycles. The maximum atomic E-state index is 13.3. The summed E-state index contributed by atoms with van der Waals surface area (Å²) >= 11 is 0. The molecular weight excluding hydrogens is 195 g/mol. The van der Waals surface area contributed by atoms with E-state index >= 15 is 0 Å². The van der Waals surface area contributed by atoms with Crippen LogP contribution in [0.5, 0.6) is 0 Å². The van der Waals surface area contributed by atoms with Gasteiger partial charge in [0.05, 0.1) is 11.7 Å². The number of para-hydroxylation sites is 1. The number of hydrogen-bond acceptors (Lipinski definition) is 2. The van der Waals surface area contributed by atoms with E-state index in [1.165, 1.54) is 18.0 Å². The first-order chi connectivity index (χ1) is 7.07. The van der Waals surface area contributed by atoms with Crippen LogP contribution in [-0.4, -0.2) is 19.0 Å². The van der Waals surface area contributed by atoms with Crippen LogP contribution in [0.3, 0.4) is 0 Å². The number of anilines is 1. The third-order valence-corrected chi connectivity index (χ3v) is 2.30. The summed E-state index contributed by atoms with van der Waals surface area (Å²) < 4.78 is 13.3. The highest BCUT2D eigenvalue weighted by atomic mass is 19.1. The lowest BCUT2D eigenvalue weighted by Crippen LogP contribution is -2.41. The van der Waals surface area contributed by atoms with Crippen molar-refractivity contribution in [2.75, 3.05) is 11.9 Å². The van der Waals surface area contributed by atoms with E-state index in [2.05, 4.69) is 0 Å². The van der Waals surface area contributed by atoms with Crippen molar-refractivity contribution in [1.82, 2.24) is 0 Å². The van der Waals surface area contributed by atoms with E-state index in [0.29, 0.717) is 6.42 Å². The fourth-order valence-electron chi connectivity index (χ4n) is 1.27. The zero-order chi connectivity index (χ0) is 11.4. The van der Waals surface area contributed by atoms with Crippen LogP contribution < -0.4 is 10.6 Å². The maximum Gasteiger partial charge on any atom is 0.243 e. The van der Waals surface area contributed by atoms with Gasteiger partial charge in [-0.1, -0.05) is 19.1 Å². The van der Waals surface area contributed by atoms with Crippen molar-refractivity contribution in [1.29, 1.82) is 0 Å². The Kier molecular flexibility index (Phi) is 3.80. The van der Waals surface area contributed by atoms with Crippen LogP contribution in [0, 0.1) is 5.82 Å². The lowest BCUT2D eigenvalue weighted by atomic mass is 10.2. The first-order valence-electron chi connectivity index (χ1n) is 4.85. The minimum atomic E-state index is -0.574. The quantitative estimate of drug-likeness (QED) is 0.822. The molecule has 0 spiro atoms. The Labute approximate surface area is 88.7 Å². The average Bonchev–Trinajstić information content (AvgIpc) is 2.26. The van der Waals surface area contributed by atoms with Crippen LogP contribution in [0.1, 0.15) is 13.3 Å². The zero-order valence-electron chi connectivity index (χ0n) is 8.90. The van der Waals surface area contributed by atoms with Gasteiger partial charge in [0.25, 0.3) is 0 Å². The Morgan fingerprint density at radius 2 is 2.13 bits per heavy atom. The zero-order valence-corrected chi connectivity index (χ0v) is 8.90. The Morgan fingerprint density at radius 3 is 2.67 bits per heavy atom. The number of halogens is 1. The van der Waals surface area contributed by atoms with E-state index in [1.54, 1.807) is 18.2 Å². The number of amides is 1. The van der Waals surface area contributed by atoms with Crippen molar-refractivity contribution in [2.24, 2.45) is 5.73 Å². The average molecular weight is 210 g/mol. The van der Waals surface area contributed by atoms with Gasteiger partial charge in [0.1, 0.15) is 5.82 Å². The SMILES string of the molecule is CC[C@H](N)C(=O)N(C)c1ccccc1F. The third-order valence-electron chi connectivity index (χ3n) is 2.30. The van der Waals surface area contributed by atoms with Crippen LogP contribution in [0.25, 0.3) is 0 Å². The van der Waals surface area contributed by atoms with E-state index in [9.17, 15) is 9.18 Å². The van der Waals surface area contributed by atoms with Gasteiger partial charge < -0.3 is 10.6 Å². The van der Waals surface area contributed by atoms with Gasteiger partial charge in [-0.3, -0.25) is 4.79 Å². The molecule has 0 aliphatic rings. The molecule has 0 aliphatic heterocycles. The van der Waals surface area contributed by atoms with Crippen molar-refractivity contribution >= 4 is 11.6 Å². The predicted octanol–water partition coefficient (Wildman–Crippen LogP) is 1.53. The first-order valence-corrected chi connectivity index (χ1v) is 4.85. The Balaban J connectivity index is 2.90. The van der Waals surface area contributed by atoms with Gasteiger partial charge in [0, 0.05) is 7.05 Å². The Morgan fingerprint density at radius 1 is 1.53 bits per heavy atom. The van der Waals surface area contributed by atoms with Crippen LogP contribution in [0.2, 0.25) is 0 Å². The maximum absolute atomic E-state index is 13.3. The molecule has 1 amide bonds. The smallest absolute Gasteiger partial charge is 0.243 e. The van der Waals surface area contributed by atoms with Gasteiger partial charge >= 0.3 is 0 Å². The topological polar surface area (TPSA) is 46.3 Å². The molecule has 2 N–H and O–H groups in total. The number of carbonyl (C=O) groups excluding carboxylic acids is 1. The Hall–Kier alpha value is -1.42. The first kappa shape index (κ1) is 11.7. The second-order valence-corrected chi connectivity index (χ2v) is 3.36. The summed E-state index contributed by atoms with van der Waals surface area (Å²) in [7, 11) is 1.52. The van der Waals surface area contributed by atoms with Crippen LogP contribution in [0.15, 0.2) is 24.3 Å². The van der Waals surface area contributed by atoms with E-state index in [0.717, 1.165) is 0 Å². The number of nitrogens with zero attached hydrogens (tertiary/aromatic N) is 1. The van der Waals surface area contributed by atoms with Gasteiger partial charge in [0.15, 0.2) is 0 Å². The summed E-state index contributed by atoms with van der Waals surface area (Å²) in [6.45, 7) is 1.82. The normalized spacial score (nSPS) is 12.3. The molecule has 0 fully saturated rings. The molecule has 0 heterocycles. The number of nitrogens with two attached hydrogens (primary N) is 1. The number of likely N-dealkylation sites (N-methyl/N-ethyl adjacent to an activating group) is 1. The van der Waals surface area contributed by atoms with Gasteiger partial charge in [-0.15, -0.1) is 0 Å². The number of hydrogen-bond donors (Lipinski definition) is 1. The van der Waals surface area contributed by atoms with Crippen molar-refractivity contribution < 1.29 is 9.18 Å². The second kappa shape index (κ2) is 4.89. The molecule has 1 rings (SSSR count). The van der Waals surface area contributed by atoms with Gasteiger partial charge in [-0.2, -0.15) is 0 Å². The standard InChI is InChI=1S/C11H15FN2O/c1-3-9(13)11(15)14(2)10-7-5-4-6-8(10)12/h4-7,9H,3,13H2,1-2H3/t9-/m0/s1. The highest BCUT2D eigenvalue weighted by Gasteiger charge is 2.19. The van der Waals surface area contributed by atoms with Crippen LogP contribution in [-0.2, 0) is 4.79 Å². The molecule has 0 aliphatic carbocycles. The predicted molar refractivity (Wildman–Crippen MR) is 58.1 cm³/mol. The van der Waals surface area contributed by atoms with Crippen molar-refractivity contribution in [3.8, 4) is 0 Å². The van der Waals surface area contributed by atoms with Gasteiger partial charge in [-0.05, 0) is 18.6 Å². The second-order valence-electron chi connectivity index (χ2n) is 3.36. The minimum Gasteiger partial charge on any atom is -0.320 e. The molecule has 3 nitrogen and oxygen atoms in total. The molecule has 0 unspecified atom stereocenters. The molecule has 0 bridgehead atoms. The number of rotatable bonds is 3. The van der Waals surface area contributed by atoms with E-state index in [1.807, 2.05) is 6.92 Å². The monoisotopic (exact) mass is 210 g/mol. The third kappa shape index (κ3) is 2.53. The van der Waals surface area contributed by atoms with E-state index in [-0.39, 0.29) is 11.6 Å². The molecule has 15 heavy (non-hydrogen) atoms. The lowest BCUT2D eigenvalue weighted by molar-refractivity contribution is -0.119. The molecule has 0 radical (unpaired) electrons. The summed E-state index contributed by atoms with van der Waals surface area (Å²) in [5.41, 5.74) is 5.85. The highest BCUT2D eigenvalue weighted by Crippen LogP contribution is 2.17. The van der Waals surface area contributed by atoms with E-state index < -0.39 is 11.9 Å². The summed E-state index contributed by atoms with van der Waals surface area (Å²) in [5, 5.41) is 0. The molecular formula is C11H15FN2O. The van der Waals surface area contributed by atoms with Crippen LogP contribution in [0.4, 0.5) is 10.1 Å². The minimum absolute atomic E-state index is 0.256. The summed E-state index contributed by atoms with van der Waals surface area (Å²) in [5.74, 6) is -0.695.